The van der Waals surface area contributed by atoms with Crippen LogP contribution in [0.5, 0.6) is 0 Å². The number of benzene rings is 2. The number of cyclic esters (lactones) is 1. The lowest BCUT2D eigenvalue weighted by Gasteiger charge is -2.26. The standard InChI is InChI=1S/C30H31F4N3O6/c1-16(2)26-25(28(40)35-15-17-4-6-18(7-5-17)29(41)42-3)36-27(19-8-9-23(31)22(12-19)30(32,33)34)37(26)11-10-21-13-20(38)14-24(39)43-21/h4-9,12,16,20-21,38H,10-11,13-15H2,1-3H3,(H,35,40)/t20-,21-/m1/s1. The number of methoxy groups -OCH3 is 1. The molecule has 1 amide bonds. The summed E-state index contributed by atoms with van der Waals surface area (Å²) in [6.45, 7) is 3.72. The van der Waals surface area contributed by atoms with Crippen LogP contribution in [0, 0.1) is 5.82 Å². The Bertz CT molecular complexity index is 1500. The molecule has 2 atom stereocenters. The van der Waals surface area contributed by atoms with Crippen molar-refractivity contribution in [2.45, 2.75) is 70.5 Å². The van der Waals surface area contributed by atoms with Gasteiger partial charge in [-0.2, -0.15) is 13.2 Å². The van der Waals surface area contributed by atoms with Crippen LogP contribution in [0.2, 0.25) is 0 Å². The van der Waals surface area contributed by atoms with Gasteiger partial charge in [-0.05, 0) is 41.8 Å². The van der Waals surface area contributed by atoms with Gasteiger partial charge < -0.3 is 24.5 Å². The highest BCUT2D eigenvalue weighted by molar-refractivity contribution is 5.94. The molecule has 2 heterocycles. The Labute approximate surface area is 244 Å². The van der Waals surface area contributed by atoms with E-state index in [1.807, 2.05) is 0 Å². The summed E-state index contributed by atoms with van der Waals surface area (Å²) in [6, 6.07) is 8.86. The van der Waals surface area contributed by atoms with Crippen LogP contribution in [0.25, 0.3) is 11.4 Å². The third-order valence-electron chi connectivity index (χ3n) is 7.04. The fourth-order valence-corrected chi connectivity index (χ4v) is 5.00. The van der Waals surface area contributed by atoms with Crippen molar-refractivity contribution in [1.29, 1.82) is 0 Å². The topological polar surface area (TPSA) is 120 Å². The molecular formula is C30H31F4N3O6. The van der Waals surface area contributed by atoms with E-state index in [1.165, 1.54) is 7.11 Å². The lowest BCUT2D eigenvalue weighted by molar-refractivity contribution is -0.160. The lowest BCUT2D eigenvalue weighted by Crippen LogP contribution is -2.33. The molecule has 9 nitrogen and oxygen atoms in total. The zero-order valence-electron chi connectivity index (χ0n) is 23.7. The molecule has 2 aromatic carbocycles. The second-order valence-electron chi connectivity index (χ2n) is 10.5. The Hall–Kier alpha value is -4.26. The molecule has 1 fully saturated rings. The molecule has 43 heavy (non-hydrogen) atoms. The number of ether oxygens (including phenoxy) is 2. The number of hydrogen-bond acceptors (Lipinski definition) is 7. The van der Waals surface area contributed by atoms with Gasteiger partial charge >= 0.3 is 18.1 Å². The maximum absolute atomic E-state index is 14.1. The average Bonchev–Trinajstić information content (AvgIpc) is 3.34. The molecule has 0 aliphatic carbocycles. The number of nitrogens with zero attached hydrogens (tertiary/aromatic N) is 2. The summed E-state index contributed by atoms with van der Waals surface area (Å²) in [7, 11) is 1.26. The zero-order chi connectivity index (χ0) is 31.5. The van der Waals surface area contributed by atoms with Crippen molar-refractivity contribution >= 4 is 17.8 Å². The highest BCUT2D eigenvalue weighted by atomic mass is 19.4. The first kappa shape index (κ1) is 31.7. The molecule has 0 bridgehead atoms. The van der Waals surface area contributed by atoms with E-state index in [0.717, 1.165) is 6.07 Å². The van der Waals surface area contributed by atoms with Gasteiger partial charge in [-0.15, -0.1) is 0 Å². The van der Waals surface area contributed by atoms with Crippen LogP contribution < -0.4 is 5.32 Å². The molecule has 0 saturated carbocycles. The number of imidazole rings is 1. The number of amides is 1. The lowest BCUT2D eigenvalue weighted by atomic mass is 10.0. The van der Waals surface area contributed by atoms with Gasteiger partial charge in [0, 0.05) is 31.5 Å². The number of carbonyl (C=O) groups is 3. The fourth-order valence-electron chi connectivity index (χ4n) is 5.00. The second kappa shape index (κ2) is 12.9. The number of esters is 2. The molecule has 1 aliphatic rings. The summed E-state index contributed by atoms with van der Waals surface area (Å²) >= 11 is 0. The van der Waals surface area contributed by atoms with Crippen LogP contribution in [-0.4, -0.2) is 51.8 Å². The molecule has 3 aromatic rings. The highest BCUT2D eigenvalue weighted by Gasteiger charge is 2.35. The number of nitrogens with one attached hydrogen (secondary N) is 1. The third-order valence-corrected chi connectivity index (χ3v) is 7.04. The summed E-state index contributed by atoms with van der Waals surface area (Å²) in [5.41, 5.74) is -0.163. The third kappa shape index (κ3) is 7.39. The van der Waals surface area contributed by atoms with Crippen molar-refractivity contribution in [2.24, 2.45) is 0 Å². The van der Waals surface area contributed by atoms with Crippen molar-refractivity contribution in [3.05, 3.63) is 76.4 Å². The number of hydrogen-bond donors (Lipinski definition) is 2. The molecule has 230 valence electrons. The average molecular weight is 606 g/mol. The Morgan fingerprint density at radius 3 is 2.49 bits per heavy atom. The van der Waals surface area contributed by atoms with Crippen LogP contribution >= 0.6 is 0 Å². The van der Waals surface area contributed by atoms with Crippen molar-refractivity contribution < 1.29 is 46.5 Å². The Morgan fingerprint density at radius 1 is 1.19 bits per heavy atom. The SMILES string of the molecule is COC(=O)c1ccc(CNC(=O)c2nc(-c3ccc(F)c(C(F)(F)F)c3)n(CC[C@@H]3C[C@@H](O)CC(=O)O3)c2C(C)C)cc1. The predicted octanol–water partition coefficient (Wildman–Crippen LogP) is 5.00. The van der Waals surface area contributed by atoms with Crippen molar-refractivity contribution in [1.82, 2.24) is 14.9 Å². The van der Waals surface area contributed by atoms with Gasteiger partial charge in [0.15, 0.2) is 0 Å². The summed E-state index contributed by atoms with van der Waals surface area (Å²) < 4.78 is 66.4. The molecule has 13 heteroatoms. The maximum Gasteiger partial charge on any atom is 0.419 e. The maximum atomic E-state index is 14.1. The van der Waals surface area contributed by atoms with Crippen molar-refractivity contribution in [3.63, 3.8) is 0 Å². The quantitative estimate of drug-likeness (QED) is 0.260. The minimum atomic E-state index is -4.96. The first-order valence-electron chi connectivity index (χ1n) is 13.6. The van der Waals surface area contributed by atoms with Crippen LogP contribution in [-0.2, 0) is 33.5 Å². The number of rotatable bonds is 9. The van der Waals surface area contributed by atoms with E-state index >= 15 is 0 Å². The Balaban J connectivity index is 1.70. The van der Waals surface area contributed by atoms with Gasteiger partial charge in [-0.25, -0.2) is 14.2 Å². The minimum absolute atomic E-state index is 0.00413. The minimum Gasteiger partial charge on any atom is -0.465 e. The zero-order valence-corrected chi connectivity index (χ0v) is 23.7. The van der Waals surface area contributed by atoms with E-state index in [2.05, 4.69) is 15.0 Å². The van der Waals surface area contributed by atoms with Gasteiger partial charge in [0.25, 0.3) is 5.91 Å². The molecule has 2 N–H and O–H groups in total. The van der Waals surface area contributed by atoms with Crippen LogP contribution in [0.4, 0.5) is 17.6 Å². The van der Waals surface area contributed by atoms with Crippen LogP contribution in [0.15, 0.2) is 42.5 Å². The van der Waals surface area contributed by atoms with E-state index in [1.54, 1.807) is 42.7 Å². The van der Waals surface area contributed by atoms with E-state index in [4.69, 9.17) is 4.74 Å². The largest absolute Gasteiger partial charge is 0.465 e. The smallest absolute Gasteiger partial charge is 0.419 e. The summed E-state index contributed by atoms with van der Waals surface area (Å²) in [4.78, 5) is 41.4. The first-order chi connectivity index (χ1) is 20.3. The normalized spacial score (nSPS) is 17.1. The predicted molar refractivity (Wildman–Crippen MR) is 145 cm³/mol. The monoisotopic (exact) mass is 605 g/mol. The molecule has 4 rings (SSSR count). The summed E-state index contributed by atoms with van der Waals surface area (Å²) in [5.74, 6) is -3.45. The van der Waals surface area contributed by atoms with Gasteiger partial charge in [-0.1, -0.05) is 26.0 Å². The van der Waals surface area contributed by atoms with E-state index < -0.39 is 47.6 Å². The van der Waals surface area contributed by atoms with Crippen LogP contribution in [0.1, 0.15) is 76.7 Å². The van der Waals surface area contributed by atoms with E-state index in [0.29, 0.717) is 29.0 Å². The summed E-state index contributed by atoms with van der Waals surface area (Å²) in [6.07, 6.45) is -6.26. The number of carbonyl (C=O) groups excluding carboxylic acids is 3. The molecule has 1 saturated heterocycles. The Morgan fingerprint density at radius 2 is 1.88 bits per heavy atom. The van der Waals surface area contributed by atoms with Gasteiger partial charge in [0.2, 0.25) is 0 Å². The molecule has 0 radical (unpaired) electrons. The first-order valence-corrected chi connectivity index (χ1v) is 13.6. The molecule has 1 aromatic heterocycles. The molecule has 1 aliphatic heterocycles. The van der Waals surface area contributed by atoms with Gasteiger partial charge in [0.05, 0.1) is 36.5 Å². The van der Waals surface area contributed by atoms with E-state index in [9.17, 15) is 37.1 Å². The second-order valence-corrected chi connectivity index (χ2v) is 10.5. The van der Waals surface area contributed by atoms with Crippen LogP contribution in [0.3, 0.4) is 0 Å². The van der Waals surface area contributed by atoms with E-state index in [-0.39, 0.29) is 55.4 Å². The van der Waals surface area contributed by atoms with Crippen molar-refractivity contribution in [3.8, 4) is 11.4 Å². The van der Waals surface area contributed by atoms with Gasteiger partial charge in [-0.3, -0.25) is 9.59 Å². The Kier molecular flexibility index (Phi) is 9.53. The summed E-state index contributed by atoms with van der Waals surface area (Å²) in [5, 5.41) is 12.8. The fraction of sp³-hybridized carbons (Fsp3) is 0.400. The highest BCUT2D eigenvalue weighted by Crippen LogP contribution is 2.36. The van der Waals surface area contributed by atoms with Crippen molar-refractivity contribution in [2.75, 3.05) is 7.11 Å². The number of aromatic nitrogens is 2. The number of aliphatic hydroxyl groups excluding tert-OH is 1. The molecular weight excluding hydrogens is 574 g/mol. The molecule has 0 unspecified atom stereocenters. The molecule has 0 spiro atoms. The van der Waals surface area contributed by atoms with Gasteiger partial charge in [0.1, 0.15) is 23.4 Å². The number of alkyl halides is 3. The number of aliphatic hydroxyl groups is 1. The number of halogens is 4.